The standard InChI is InChI=1S/C45H77N7O9/c1-16-30(4)38(51(13)41(55)37(29(2)3)47-43(48(9)10)49(11)25-26-50(12)44(58)61-45(6,7)8)35(59-14)28-36(53)52-24-20-23-34(52)39(60-15)31(5)40(54)46-33(42(56)57)27-32-21-18-17-19-22-32/h17-19,21-22,29-31,33-35,37-39H,16,20,23-28H2,1-15H3,(H,46,54)(H,56,57)/b47-43-/t30-,31+,33?,34-,35+,37-,38-,39+/m0/s1. The molecule has 1 fully saturated rings. The zero-order chi connectivity index (χ0) is 46.4. The first-order valence-corrected chi connectivity index (χ1v) is 21.6. The molecule has 346 valence electrons. The number of aliphatic carboxylic acids is 1. The minimum atomic E-state index is -1.14. The third-order valence-electron chi connectivity index (χ3n) is 11.5. The topological polar surface area (TPSA) is 174 Å². The van der Waals surface area contributed by atoms with Gasteiger partial charge in [-0.2, -0.15) is 0 Å². The molecule has 0 saturated carbocycles. The molecule has 4 amide bonds. The van der Waals surface area contributed by atoms with Crippen LogP contribution in [0.1, 0.15) is 86.6 Å². The summed E-state index contributed by atoms with van der Waals surface area (Å²) in [4.78, 5) is 80.9. The number of likely N-dealkylation sites (tertiary alicyclic amines) is 1. The highest BCUT2D eigenvalue weighted by Crippen LogP contribution is 2.30. The molecule has 16 nitrogen and oxygen atoms in total. The maximum atomic E-state index is 14.6. The molecule has 16 heteroatoms. The van der Waals surface area contributed by atoms with E-state index >= 15 is 0 Å². The fraction of sp³-hybridized carbons (Fsp3) is 0.733. The molecule has 1 aromatic carbocycles. The molecule has 1 saturated heterocycles. The molecule has 1 aliphatic heterocycles. The van der Waals surface area contributed by atoms with Crippen molar-refractivity contribution in [2.24, 2.45) is 22.7 Å². The van der Waals surface area contributed by atoms with E-state index in [1.54, 1.807) is 37.9 Å². The number of benzene rings is 1. The highest BCUT2D eigenvalue weighted by molar-refractivity contribution is 5.88. The Kier molecular flexibility index (Phi) is 21.0. The number of nitrogens with one attached hydrogen (secondary N) is 1. The molecule has 0 spiro atoms. The van der Waals surface area contributed by atoms with Crippen LogP contribution in [0.15, 0.2) is 35.3 Å². The number of aliphatic imine (C=N–C) groups is 1. The number of carboxylic acid groups (broad SMARTS) is 1. The maximum Gasteiger partial charge on any atom is 0.410 e. The molecule has 1 unspecified atom stereocenters. The molecule has 1 aliphatic rings. The number of methoxy groups -OCH3 is 2. The molecule has 0 aromatic heterocycles. The second-order valence-corrected chi connectivity index (χ2v) is 18.0. The molecule has 2 rings (SSSR count). The van der Waals surface area contributed by atoms with Crippen LogP contribution >= 0.6 is 0 Å². The largest absolute Gasteiger partial charge is 0.480 e. The van der Waals surface area contributed by atoms with Gasteiger partial charge in [0.1, 0.15) is 17.7 Å². The number of carbonyl (C=O) groups excluding carboxylic acids is 4. The van der Waals surface area contributed by atoms with E-state index in [4.69, 9.17) is 19.2 Å². The van der Waals surface area contributed by atoms with Gasteiger partial charge in [-0.3, -0.25) is 14.4 Å². The van der Waals surface area contributed by atoms with Gasteiger partial charge in [0.25, 0.3) is 0 Å². The summed E-state index contributed by atoms with van der Waals surface area (Å²) >= 11 is 0. The van der Waals surface area contributed by atoms with Gasteiger partial charge >= 0.3 is 12.1 Å². The fourth-order valence-electron chi connectivity index (χ4n) is 7.87. The van der Waals surface area contributed by atoms with Crippen molar-refractivity contribution in [2.45, 2.75) is 129 Å². The summed E-state index contributed by atoms with van der Waals surface area (Å²) in [6.07, 6.45) is 0.355. The third kappa shape index (κ3) is 15.5. The van der Waals surface area contributed by atoms with E-state index in [9.17, 15) is 29.1 Å². The fourth-order valence-corrected chi connectivity index (χ4v) is 7.87. The predicted molar refractivity (Wildman–Crippen MR) is 237 cm³/mol. The summed E-state index contributed by atoms with van der Waals surface area (Å²) in [5, 5.41) is 12.6. The lowest BCUT2D eigenvalue weighted by molar-refractivity contribution is -0.147. The Morgan fingerprint density at radius 2 is 1.54 bits per heavy atom. The average molecular weight is 860 g/mol. The van der Waals surface area contributed by atoms with E-state index in [2.05, 4.69) is 5.32 Å². The van der Waals surface area contributed by atoms with Crippen molar-refractivity contribution in [3.63, 3.8) is 0 Å². The first-order valence-electron chi connectivity index (χ1n) is 21.6. The van der Waals surface area contributed by atoms with E-state index in [0.29, 0.717) is 38.4 Å². The van der Waals surface area contributed by atoms with Gasteiger partial charge in [-0.1, -0.05) is 71.4 Å². The number of guanidine groups is 1. The Morgan fingerprint density at radius 1 is 0.934 bits per heavy atom. The number of carboxylic acids is 1. The summed E-state index contributed by atoms with van der Waals surface area (Å²) in [5.41, 5.74) is 0.165. The average Bonchev–Trinajstić information content (AvgIpc) is 3.68. The van der Waals surface area contributed by atoms with Crippen molar-refractivity contribution >= 4 is 35.7 Å². The zero-order valence-corrected chi connectivity index (χ0v) is 39.6. The van der Waals surface area contributed by atoms with Crippen LogP contribution < -0.4 is 5.32 Å². The SMILES string of the molecule is CC[C@H](C)[C@@H]([C@@H](CC(=O)N1CCC[C@H]1[C@H](OC)[C@@H](C)C(=O)NC(Cc1ccccc1)C(=O)O)OC)N(C)C(=O)[C@@H](/N=C(/N(C)C)N(C)CCN(C)C(=O)OC(C)(C)C)C(C)C. The van der Waals surface area contributed by atoms with Gasteiger partial charge in [0.15, 0.2) is 5.96 Å². The number of rotatable bonds is 21. The highest BCUT2D eigenvalue weighted by atomic mass is 16.6. The monoisotopic (exact) mass is 860 g/mol. The number of hydrogen-bond donors (Lipinski definition) is 2. The van der Waals surface area contributed by atoms with Crippen LogP contribution in [0.3, 0.4) is 0 Å². The van der Waals surface area contributed by atoms with E-state index in [1.807, 2.05) is 110 Å². The molecule has 0 aliphatic carbocycles. The highest BCUT2D eigenvalue weighted by Gasteiger charge is 2.43. The quantitative estimate of drug-likeness (QED) is 0.132. The van der Waals surface area contributed by atoms with Crippen LogP contribution in [-0.4, -0.2) is 176 Å². The third-order valence-corrected chi connectivity index (χ3v) is 11.5. The minimum absolute atomic E-state index is 0.0126. The summed E-state index contributed by atoms with van der Waals surface area (Å²) in [5.74, 6) is -2.43. The molecule has 2 N–H and O–H groups in total. The number of likely N-dealkylation sites (N-methyl/N-ethyl adjacent to an activating group) is 3. The Labute approximate surface area is 365 Å². The Bertz CT molecular complexity index is 1600. The van der Waals surface area contributed by atoms with Crippen LogP contribution in [0, 0.1) is 17.8 Å². The summed E-state index contributed by atoms with van der Waals surface area (Å²) < 4.78 is 17.5. The van der Waals surface area contributed by atoms with Crippen LogP contribution in [-0.2, 0) is 39.8 Å². The van der Waals surface area contributed by atoms with Crippen LogP contribution in [0.5, 0.6) is 0 Å². The van der Waals surface area contributed by atoms with E-state index in [1.165, 1.54) is 12.0 Å². The minimum Gasteiger partial charge on any atom is -0.480 e. The summed E-state index contributed by atoms with van der Waals surface area (Å²) in [6.45, 7) is 16.4. The molecule has 1 heterocycles. The normalized spacial score (nSPS) is 18.0. The maximum absolute atomic E-state index is 14.6. The number of amides is 4. The van der Waals surface area contributed by atoms with Gasteiger partial charge in [0, 0.05) is 75.5 Å². The summed E-state index contributed by atoms with van der Waals surface area (Å²) in [6, 6.07) is 6.30. The lowest BCUT2D eigenvalue weighted by atomic mass is 9.89. The molecule has 61 heavy (non-hydrogen) atoms. The van der Waals surface area contributed by atoms with E-state index in [0.717, 1.165) is 12.0 Å². The molecule has 0 bridgehead atoms. The van der Waals surface area contributed by atoms with E-state index in [-0.39, 0.29) is 36.5 Å². The van der Waals surface area contributed by atoms with Gasteiger partial charge in [0.2, 0.25) is 17.7 Å². The van der Waals surface area contributed by atoms with Crippen LogP contribution in [0.4, 0.5) is 4.79 Å². The van der Waals surface area contributed by atoms with Gasteiger partial charge in [-0.15, -0.1) is 0 Å². The number of carbonyl (C=O) groups is 5. The van der Waals surface area contributed by atoms with Crippen molar-refractivity contribution in [1.29, 1.82) is 0 Å². The van der Waals surface area contributed by atoms with Crippen LogP contribution in [0.25, 0.3) is 0 Å². The predicted octanol–water partition coefficient (Wildman–Crippen LogP) is 4.46. The lowest BCUT2D eigenvalue weighted by Gasteiger charge is -2.40. The van der Waals surface area contributed by atoms with Crippen LogP contribution in [0.2, 0.25) is 0 Å². The molecular formula is C45H77N7O9. The molecule has 1 aromatic rings. The smallest absolute Gasteiger partial charge is 0.410 e. The van der Waals surface area contributed by atoms with Gasteiger partial charge in [-0.05, 0) is 51.0 Å². The molecule has 8 atom stereocenters. The van der Waals surface area contributed by atoms with Crippen molar-refractivity contribution in [3.8, 4) is 0 Å². The first kappa shape index (κ1) is 52.7. The summed E-state index contributed by atoms with van der Waals surface area (Å²) in [7, 11) is 12.1. The lowest BCUT2D eigenvalue weighted by Crippen LogP contribution is -2.55. The van der Waals surface area contributed by atoms with Gasteiger partial charge in [-0.25, -0.2) is 14.6 Å². The van der Waals surface area contributed by atoms with E-state index < -0.39 is 65.9 Å². The molecular weight excluding hydrogens is 783 g/mol. The number of nitrogens with zero attached hydrogens (tertiary/aromatic N) is 6. The zero-order valence-electron chi connectivity index (χ0n) is 39.6. The Hall–Kier alpha value is -4.44. The Morgan fingerprint density at radius 3 is 2.05 bits per heavy atom. The van der Waals surface area contributed by atoms with Gasteiger partial charge in [0.05, 0.1) is 36.6 Å². The number of hydrogen-bond acceptors (Lipinski definition) is 9. The van der Waals surface area contributed by atoms with Gasteiger partial charge < -0.3 is 49.1 Å². The molecule has 0 radical (unpaired) electrons. The van der Waals surface area contributed by atoms with Crippen molar-refractivity contribution in [2.75, 3.05) is 69.1 Å². The number of ether oxygens (including phenoxy) is 3. The second kappa shape index (κ2) is 24.3. The second-order valence-electron chi connectivity index (χ2n) is 18.0. The first-order chi connectivity index (χ1) is 28.5. The van der Waals surface area contributed by atoms with Crippen molar-refractivity contribution < 1.29 is 43.3 Å². The van der Waals surface area contributed by atoms with Crippen molar-refractivity contribution in [3.05, 3.63) is 35.9 Å². The Balaban J connectivity index is 2.31. The van der Waals surface area contributed by atoms with Crippen molar-refractivity contribution in [1.82, 2.24) is 29.8 Å².